The highest BCUT2D eigenvalue weighted by atomic mass is 31.2. The van der Waals surface area contributed by atoms with Gasteiger partial charge in [-0.15, -0.1) is 0 Å². The lowest BCUT2D eigenvalue weighted by molar-refractivity contribution is -0.154. The lowest BCUT2D eigenvalue weighted by Crippen LogP contribution is -2.29. The van der Waals surface area contributed by atoms with Gasteiger partial charge in [0, 0.05) is 13.0 Å². The first-order chi connectivity index (χ1) is 27.3. The largest absolute Gasteiger partial charge is 0.472 e. The van der Waals surface area contributed by atoms with Crippen LogP contribution in [0, 0.1) is 0 Å². The number of allylic oxidation sites excluding steroid dienone is 12. The van der Waals surface area contributed by atoms with E-state index in [2.05, 4.69) is 86.8 Å². The molecule has 0 fully saturated rings. The third-order valence-corrected chi connectivity index (χ3v) is 9.83. The number of carbonyl (C=O) groups is 1. The minimum absolute atomic E-state index is 0.0313. The second-order valence-electron chi connectivity index (χ2n) is 14.3. The van der Waals surface area contributed by atoms with Crippen molar-refractivity contribution in [2.75, 3.05) is 33.0 Å². The molecule has 0 heterocycles. The van der Waals surface area contributed by atoms with Crippen LogP contribution >= 0.6 is 7.82 Å². The van der Waals surface area contributed by atoms with Gasteiger partial charge in [0.2, 0.25) is 0 Å². The molecule has 0 radical (unpaired) electrons. The number of ether oxygens (including phenoxy) is 2. The van der Waals surface area contributed by atoms with Crippen molar-refractivity contribution in [3.05, 3.63) is 72.9 Å². The fraction of sp³-hybridized carbons (Fsp3) is 0.717. The molecule has 0 aromatic rings. The molecule has 56 heavy (non-hydrogen) atoms. The van der Waals surface area contributed by atoms with Crippen LogP contribution in [0.25, 0.3) is 0 Å². The molecule has 3 N–H and O–H groups in total. The van der Waals surface area contributed by atoms with Gasteiger partial charge in [-0.05, 0) is 83.5 Å². The van der Waals surface area contributed by atoms with E-state index in [1.165, 1.54) is 57.8 Å². The molecule has 324 valence electrons. The lowest BCUT2D eigenvalue weighted by atomic mass is 10.1. The molecule has 0 spiro atoms. The van der Waals surface area contributed by atoms with Gasteiger partial charge in [0.1, 0.15) is 12.2 Å². The van der Waals surface area contributed by atoms with Crippen molar-refractivity contribution in [2.24, 2.45) is 0 Å². The van der Waals surface area contributed by atoms with E-state index in [0.29, 0.717) is 13.0 Å². The van der Waals surface area contributed by atoms with E-state index < -0.39 is 45.8 Å². The van der Waals surface area contributed by atoms with Crippen LogP contribution in [0.15, 0.2) is 72.9 Å². The standard InChI is InChI=1S/C46H81O9P/c1-3-5-7-9-11-13-15-17-19-21-23-25-27-29-31-33-35-37-39-52-42-45(43-54-56(50,51)53-41-44(48)40-47)55-46(49)38-36-34-32-30-28-26-24-22-20-18-16-14-12-10-8-6-4-2/h6,8,11-14,17-20,24,26,44-45,47-48H,3-5,7,9-10,15-16,21-23,25,27-43H2,1-2H3,(H,50,51)/b8-6-,13-11-,14-12-,19-17-,20-18-,26-24-. The Balaban J connectivity index is 4.24. The van der Waals surface area contributed by atoms with E-state index in [1.807, 2.05) is 0 Å². The quantitative estimate of drug-likeness (QED) is 0.0239. The molecule has 0 aromatic heterocycles. The number of phosphoric acid groups is 1. The molecule has 0 aliphatic heterocycles. The second kappa shape index (κ2) is 42.5. The number of esters is 1. The third-order valence-electron chi connectivity index (χ3n) is 8.88. The Morgan fingerprint density at radius 3 is 1.54 bits per heavy atom. The van der Waals surface area contributed by atoms with Crippen molar-refractivity contribution in [3.8, 4) is 0 Å². The van der Waals surface area contributed by atoms with Crippen molar-refractivity contribution >= 4 is 13.8 Å². The Bertz CT molecular complexity index is 1100. The molecule has 0 saturated heterocycles. The minimum atomic E-state index is -4.53. The first-order valence-corrected chi connectivity index (χ1v) is 23.4. The predicted octanol–water partition coefficient (Wildman–Crippen LogP) is 12.1. The molecule has 3 unspecified atom stereocenters. The van der Waals surface area contributed by atoms with Gasteiger partial charge in [-0.1, -0.05) is 151 Å². The number of aliphatic hydroxyl groups excluding tert-OH is 2. The van der Waals surface area contributed by atoms with Crippen LogP contribution in [0.4, 0.5) is 0 Å². The molecular weight excluding hydrogens is 727 g/mol. The molecule has 10 heteroatoms. The molecule has 9 nitrogen and oxygen atoms in total. The number of aliphatic hydroxyl groups is 2. The number of hydrogen-bond acceptors (Lipinski definition) is 8. The molecule has 0 amide bonds. The first-order valence-electron chi connectivity index (χ1n) is 21.9. The Kier molecular flexibility index (Phi) is 40.9. The Morgan fingerprint density at radius 2 is 1.02 bits per heavy atom. The van der Waals surface area contributed by atoms with Crippen LogP contribution < -0.4 is 0 Å². The van der Waals surface area contributed by atoms with Crippen LogP contribution in [0.5, 0.6) is 0 Å². The zero-order valence-electron chi connectivity index (χ0n) is 35.3. The highest BCUT2D eigenvalue weighted by Gasteiger charge is 2.26. The maximum Gasteiger partial charge on any atom is 0.472 e. The number of carbonyl (C=O) groups excluding carboxylic acids is 1. The Labute approximate surface area is 342 Å². The predicted molar refractivity (Wildman–Crippen MR) is 233 cm³/mol. The van der Waals surface area contributed by atoms with E-state index in [-0.39, 0.29) is 13.0 Å². The maximum absolute atomic E-state index is 12.6. The van der Waals surface area contributed by atoms with Crippen LogP contribution in [0.3, 0.4) is 0 Å². The summed E-state index contributed by atoms with van der Waals surface area (Å²) in [5.41, 5.74) is 0. The molecule has 0 bridgehead atoms. The summed E-state index contributed by atoms with van der Waals surface area (Å²) >= 11 is 0. The second-order valence-corrected chi connectivity index (χ2v) is 15.8. The fourth-order valence-electron chi connectivity index (χ4n) is 5.55. The van der Waals surface area contributed by atoms with E-state index in [4.69, 9.17) is 23.6 Å². The summed E-state index contributed by atoms with van der Waals surface area (Å²) in [5.74, 6) is -0.410. The SMILES string of the molecule is CC/C=C\C/C=C\C/C=C\C/C=C\CCCCCCC(=O)OC(COCCCCCCCCCC/C=C\C/C=C\CCCCC)COP(=O)(O)OCC(O)CO. The lowest BCUT2D eigenvalue weighted by Gasteiger charge is -2.20. The molecule has 0 aliphatic rings. The first kappa shape index (κ1) is 53.9. The summed E-state index contributed by atoms with van der Waals surface area (Å²) in [6, 6.07) is 0. The highest BCUT2D eigenvalue weighted by Crippen LogP contribution is 2.43. The summed E-state index contributed by atoms with van der Waals surface area (Å²) < 4.78 is 33.4. The number of unbranched alkanes of at least 4 members (excludes halogenated alkanes) is 15. The van der Waals surface area contributed by atoms with Crippen LogP contribution in [0.2, 0.25) is 0 Å². The average Bonchev–Trinajstić information content (AvgIpc) is 3.19. The van der Waals surface area contributed by atoms with Crippen molar-refractivity contribution in [1.29, 1.82) is 0 Å². The zero-order chi connectivity index (χ0) is 41.1. The van der Waals surface area contributed by atoms with E-state index >= 15 is 0 Å². The van der Waals surface area contributed by atoms with Gasteiger partial charge in [0.25, 0.3) is 0 Å². The number of phosphoric ester groups is 1. The molecule has 0 aliphatic carbocycles. The van der Waals surface area contributed by atoms with Gasteiger partial charge in [-0.25, -0.2) is 4.57 Å². The smallest absolute Gasteiger partial charge is 0.457 e. The minimum Gasteiger partial charge on any atom is -0.457 e. The summed E-state index contributed by atoms with van der Waals surface area (Å²) in [6.07, 6.45) is 50.0. The van der Waals surface area contributed by atoms with E-state index in [0.717, 1.165) is 83.5 Å². The Hall–Kier alpha value is -2.10. The van der Waals surface area contributed by atoms with Crippen molar-refractivity contribution in [2.45, 2.75) is 180 Å². The van der Waals surface area contributed by atoms with Gasteiger partial charge in [0.05, 0.1) is 26.4 Å². The molecule has 0 rings (SSSR count). The molecule has 0 saturated carbocycles. The van der Waals surface area contributed by atoms with Crippen LogP contribution in [-0.4, -0.2) is 66.3 Å². The topological polar surface area (TPSA) is 132 Å². The van der Waals surface area contributed by atoms with Crippen molar-refractivity contribution in [3.63, 3.8) is 0 Å². The Morgan fingerprint density at radius 1 is 0.571 bits per heavy atom. The third kappa shape index (κ3) is 41.5. The van der Waals surface area contributed by atoms with Gasteiger partial charge in [-0.3, -0.25) is 13.8 Å². The monoisotopic (exact) mass is 809 g/mol. The molecule has 0 aromatic carbocycles. The average molecular weight is 809 g/mol. The highest BCUT2D eigenvalue weighted by molar-refractivity contribution is 7.47. The summed E-state index contributed by atoms with van der Waals surface area (Å²) in [4.78, 5) is 22.6. The van der Waals surface area contributed by atoms with E-state index in [9.17, 15) is 19.4 Å². The summed E-state index contributed by atoms with van der Waals surface area (Å²) in [6.45, 7) is 3.32. The van der Waals surface area contributed by atoms with Gasteiger partial charge in [0.15, 0.2) is 0 Å². The van der Waals surface area contributed by atoms with Gasteiger partial charge >= 0.3 is 13.8 Å². The number of rotatable bonds is 41. The molecule has 3 atom stereocenters. The van der Waals surface area contributed by atoms with Crippen molar-refractivity contribution in [1.82, 2.24) is 0 Å². The van der Waals surface area contributed by atoms with Crippen LogP contribution in [0.1, 0.15) is 168 Å². The fourth-order valence-corrected chi connectivity index (χ4v) is 6.34. The summed E-state index contributed by atoms with van der Waals surface area (Å²) in [7, 11) is -4.53. The summed E-state index contributed by atoms with van der Waals surface area (Å²) in [5, 5.41) is 18.4. The molecular formula is C46H81O9P. The normalized spacial score (nSPS) is 14.7. The van der Waals surface area contributed by atoms with Gasteiger partial charge in [-0.2, -0.15) is 0 Å². The number of hydrogen-bond donors (Lipinski definition) is 3. The zero-order valence-corrected chi connectivity index (χ0v) is 36.2. The van der Waals surface area contributed by atoms with Gasteiger partial charge < -0.3 is 24.6 Å². The van der Waals surface area contributed by atoms with Crippen LogP contribution in [-0.2, 0) is 27.9 Å². The van der Waals surface area contributed by atoms with Crippen molar-refractivity contribution < 1.29 is 43.0 Å². The van der Waals surface area contributed by atoms with E-state index in [1.54, 1.807) is 0 Å². The maximum atomic E-state index is 12.6.